The molecule has 0 bridgehead atoms. The molecule has 4 nitrogen and oxygen atoms in total. The lowest BCUT2D eigenvalue weighted by Gasteiger charge is -2.17. The number of nitrogens with zero attached hydrogens (tertiary/aromatic N) is 2. The highest BCUT2D eigenvalue weighted by atomic mass is 15.2. The van der Waals surface area contributed by atoms with Crippen LogP contribution in [-0.4, -0.2) is 23.1 Å². The molecule has 4 heteroatoms. The first-order valence-corrected chi connectivity index (χ1v) is 7.81. The molecule has 0 aliphatic rings. The third-order valence-corrected chi connectivity index (χ3v) is 3.28. The van der Waals surface area contributed by atoms with Crippen molar-refractivity contribution in [3.63, 3.8) is 0 Å². The molecule has 0 saturated carbocycles. The van der Waals surface area contributed by atoms with Crippen LogP contribution in [0.4, 0.5) is 0 Å². The van der Waals surface area contributed by atoms with Gasteiger partial charge in [-0.05, 0) is 31.9 Å². The normalized spacial score (nSPS) is 13.3. The molecule has 1 heterocycles. The van der Waals surface area contributed by atoms with Gasteiger partial charge < -0.3 is 15.2 Å². The molecule has 0 aromatic carbocycles. The van der Waals surface area contributed by atoms with E-state index in [0.717, 1.165) is 19.0 Å². The number of nitrogens with one attached hydrogen (secondary N) is 2. The molecule has 1 unspecified atom stereocenters. The first-order chi connectivity index (χ1) is 9.65. The number of hydrogen-bond acceptors (Lipinski definition) is 1. The predicted octanol–water partition coefficient (Wildman–Crippen LogP) is 3.05. The molecule has 1 atom stereocenters. The smallest absolute Gasteiger partial charge is 0.191 e. The maximum Gasteiger partial charge on any atom is 0.191 e. The molecule has 20 heavy (non-hydrogen) atoms. The summed E-state index contributed by atoms with van der Waals surface area (Å²) in [5, 5.41) is 6.80. The second kappa shape index (κ2) is 9.45. The van der Waals surface area contributed by atoms with Crippen molar-refractivity contribution in [2.45, 2.75) is 59.0 Å². The summed E-state index contributed by atoms with van der Waals surface area (Å²) in [5.41, 5.74) is 1.24. The van der Waals surface area contributed by atoms with Crippen LogP contribution in [0.2, 0.25) is 0 Å². The van der Waals surface area contributed by atoms with Crippen molar-refractivity contribution in [1.29, 1.82) is 0 Å². The zero-order valence-corrected chi connectivity index (χ0v) is 13.4. The molecule has 0 amide bonds. The van der Waals surface area contributed by atoms with Crippen LogP contribution in [0.1, 0.15) is 52.0 Å². The SMILES string of the molecule is CCCCCC(C)NC(=NCc1ccn(C)c1)NCC. The number of aromatic nitrogens is 1. The van der Waals surface area contributed by atoms with Gasteiger partial charge in [0, 0.05) is 32.0 Å². The number of rotatable bonds is 8. The zero-order valence-electron chi connectivity index (χ0n) is 13.4. The van der Waals surface area contributed by atoms with Crippen LogP contribution in [0, 0.1) is 0 Å². The lowest BCUT2D eigenvalue weighted by molar-refractivity contribution is 0.547. The van der Waals surface area contributed by atoms with Gasteiger partial charge in [0.2, 0.25) is 0 Å². The third-order valence-electron chi connectivity index (χ3n) is 3.28. The van der Waals surface area contributed by atoms with Crippen molar-refractivity contribution >= 4 is 5.96 Å². The molecular weight excluding hydrogens is 248 g/mol. The maximum atomic E-state index is 4.65. The van der Waals surface area contributed by atoms with Crippen LogP contribution < -0.4 is 10.6 Å². The fourth-order valence-corrected chi connectivity index (χ4v) is 2.15. The predicted molar refractivity (Wildman–Crippen MR) is 87.0 cm³/mol. The van der Waals surface area contributed by atoms with Gasteiger partial charge in [0.25, 0.3) is 0 Å². The van der Waals surface area contributed by atoms with E-state index in [1.54, 1.807) is 0 Å². The summed E-state index contributed by atoms with van der Waals surface area (Å²) in [6.45, 7) is 8.18. The fourth-order valence-electron chi connectivity index (χ4n) is 2.15. The summed E-state index contributed by atoms with van der Waals surface area (Å²) in [7, 11) is 2.03. The third kappa shape index (κ3) is 6.64. The van der Waals surface area contributed by atoms with Gasteiger partial charge in [-0.15, -0.1) is 0 Å². The highest BCUT2D eigenvalue weighted by Gasteiger charge is 2.04. The van der Waals surface area contributed by atoms with Gasteiger partial charge in [0.05, 0.1) is 6.54 Å². The molecule has 1 rings (SSSR count). The average Bonchev–Trinajstić information content (AvgIpc) is 2.82. The Morgan fingerprint density at radius 3 is 2.75 bits per heavy atom. The number of aliphatic imine (C=N–C) groups is 1. The zero-order chi connectivity index (χ0) is 14.8. The van der Waals surface area contributed by atoms with Crippen molar-refractivity contribution in [3.05, 3.63) is 24.0 Å². The minimum atomic E-state index is 0.468. The van der Waals surface area contributed by atoms with Crippen LogP contribution in [0.25, 0.3) is 0 Å². The molecule has 0 aliphatic carbocycles. The summed E-state index contributed by atoms with van der Waals surface area (Å²) < 4.78 is 2.05. The van der Waals surface area contributed by atoms with E-state index in [-0.39, 0.29) is 0 Å². The standard InChI is InChI=1S/C16H30N4/c1-5-7-8-9-14(3)19-16(17-6-2)18-12-15-10-11-20(4)13-15/h10-11,13-14H,5-9,12H2,1-4H3,(H2,17,18,19). The minimum absolute atomic E-state index is 0.468. The topological polar surface area (TPSA) is 41.4 Å². The van der Waals surface area contributed by atoms with Crippen LogP contribution in [0.15, 0.2) is 23.5 Å². The number of unbranched alkanes of at least 4 members (excludes halogenated alkanes) is 2. The van der Waals surface area contributed by atoms with Gasteiger partial charge in [0.15, 0.2) is 5.96 Å². The van der Waals surface area contributed by atoms with E-state index in [1.165, 1.54) is 31.2 Å². The van der Waals surface area contributed by atoms with Crippen LogP contribution in [-0.2, 0) is 13.6 Å². The van der Waals surface area contributed by atoms with Gasteiger partial charge in [-0.3, -0.25) is 0 Å². The Kier molecular flexibility index (Phi) is 7.85. The van der Waals surface area contributed by atoms with E-state index in [2.05, 4.69) is 59.4 Å². The molecule has 1 aromatic heterocycles. The van der Waals surface area contributed by atoms with E-state index in [9.17, 15) is 0 Å². The summed E-state index contributed by atoms with van der Waals surface area (Å²) >= 11 is 0. The number of hydrogen-bond donors (Lipinski definition) is 2. The van der Waals surface area contributed by atoms with Gasteiger partial charge >= 0.3 is 0 Å². The lowest BCUT2D eigenvalue weighted by Crippen LogP contribution is -2.42. The highest BCUT2D eigenvalue weighted by molar-refractivity contribution is 5.80. The minimum Gasteiger partial charge on any atom is -0.357 e. The van der Waals surface area contributed by atoms with E-state index in [4.69, 9.17) is 0 Å². The van der Waals surface area contributed by atoms with Crippen molar-refractivity contribution in [1.82, 2.24) is 15.2 Å². The number of aryl methyl sites for hydroxylation is 1. The van der Waals surface area contributed by atoms with E-state index >= 15 is 0 Å². The first kappa shape index (κ1) is 16.6. The summed E-state index contributed by atoms with van der Waals surface area (Å²) in [4.78, 5) is 4.65. The molecule has 2 N–H and O–H groups in total. The first-order valence-electron chi connectivity index (χ1n) is 7.81. The summed E-state index contributed by atoms with van der Waals surface area (Å²) in [5.74, 6) is 0.917. The van der Waals surface area contributed by atoms with Gasteiger partial charge in [-0.25, -0.2) is 4.99 Å². The van der Waals surface area contributed by atoms with Gasteiger partial charge in [-0.1, -0.05) is 26.2 Å². The van der Waals surface area contributed by atoms with Crippen molar-refractivity contribution < 1.29 is 0 Å². The quantitative estimate of drug-likeness (QED) is 0.436. The van der Waals surface area contributed by atoms with E-state index < -0.39 is 0 Å². The largest absolute Gasteiger partial charge is 0.357 e. The van der Waals surface area contributed by atoms with Gasteiger partial charge in [-0.2, -0.15) is 0 Å². The molecule has 114 valence electrons. The Balaban J connectivity index is 2.45. The molecule has 0 radical (unpaired) electrons. The molecule has 0 fully saturated rings. The molecule has 0 saturated heterocycles. The van der Waals surface area contributed by atoms with Crippen molar-refractivity contribution in [2.75, 3.05) is 6.54 Å². The molecular formula is C16H30N4. The molecule has 0 spiro atoms. The molecule has 0 aliphatic heterocycles. The Morgan fingerprint density at radius 1 is 1.35 bits per heavy atom. The monoisotopic (exact) mass is 278 g/mol. The Labute approximate surface area is 123 Å². The average molecular weight is 278 g/mol. The van der Waals surface area contributed by atoms with Crippen LogP contribution in [0.5, 0.6) is 0 Å². The van der Waals surface area contributed by atoms with Crippen molar-refractivity contribution in [2.24, 2.45) is 12.0 Å². The van der Waals surface area contributed by atoms with Crippen LogP contribution in [0.3, 0.4) is 0 Å². The van der Waals surface area contributed by atoms with Crippen LogP contribution >= 0.6 is 0 Å². The fraction of sp³-hybridized carbons (Fsp3) is 0.688. The summed E-state index contributed by atoms with van der Waals surface area (Å²) in [6.07, 6.45) is 9.22. The van der Waals surface area contributed by atoms with E-state index in [1.807, 2.05) is 7.05 Å². The molecule has 1 aromatic rings. The second-order valence-electron chi connectivity index (χ2n) is 5.42. The lowest BCUT2D eigenvalue weighted by atomic mass is 10.1. The maximum absolute atomic E-state index is 4.65. The van der Waals surface area contributed by atoms with E-state index in [0.29, 0.717) is 6.04 Å². The highest BCUT2D eigenvalue weighted by Crippen LogP contribution is 2.04. The Hall–Kier alpha value is -1.45. The Bertz CT molecular complexity index is 395. The van der Waals surface area contributed by atoms with Crippen molar-refractivity contribution in [3.8, 4) is 0 Å². The number of guanidine groups is 1. The van der Waals surface area contributed by atoms with Gasteiger partial charge in [0.1, 0.15) is 0 Å². The Morgan fingerprint density at radius 2 is 2.15 bits per heavy atom. The summed E-state index contributed by atoms with van der Waals surface area (Å²) in [6, 6.07) is 2.58. The second-order valence-corrected chi connectivity index (χ2v) is 5.42.